The van der Waals surface area contributed by atoms with Gasteiger partial charge < -0.3 is 14.8 Å². The minimum Gasteiger partial charge on any atom is -0.343 e. The average molecular weight is 381 g/mol. The van der Waals surface area contributed by atoms with Crippen LogP contribution in [-0.4, -0.2) is 50.7 Å². The van der Waals surface area contributed by atoms with Gasteiger partial charge in [-0.25, -0.2) is 9.07 Å². The quantitative estimate of drug-likeness (QED) is 0.736. The normalized spacial score (nSPS) is 13.7. The first kappa shape index (κ1) is 18.0. The molecule has 3 heterocycles. The molecule has 0 aliphatic carbocycles. The van der Waals surface area contributed by atoms with Crippen molar-refractivity contribution in [2.24, 2.45) is 0 Å². The Balaban J connectivity index is 1.60. The Bertz CT molecular complexity index is 973. The molecule has 1 aliphatic heterocycles. The van der Waals surface area contributed by atoms with E-state index in [1.54, 1.807) is 38.7 Å². The number of carbonyl (C=O) groups excluding carboxylic acids is 2. The van der Waals surface area contributed by atoms with Crippen LogP contribution in [0.5, 0.6) is 0 Å². The Morgan fingerprint density at radius 1 is 1.07 bits per heavy atom. The van der Waals surface area contributed by atoms with Gasteiger partial charge in [0.25, 0.3) is 5.91 Å². The Kier molecular flexibility index (Phi) is 4.92. The van der Waals surface area contributed by atoms with Gasteiger partial charge in [-0.15, -0.1) is 0 Å². The zero-order valence-corrected chi connectivity index (χ0v) is 15.2. The Morgan fingerprint density at radius 3 is 2.43 bits per heavy atom. The molecule has 4 rings (SSSR count). The van der Waals surface area contributed by atoms with E-state index in [0.29, 0.717) is 17.1 Å². The molecule has 7 nitrogen and oxygen atoms in total. The van der Waals surface area contributed by atoms with Crippen molar-refractivity contribution in [1.82, 2.24) is 24.6 Å². The number of aromatic nitrogens is 3. The zero-order chi connectivity index (χ0) is 19.5. The molecule has 8 heteroatoms. The topological polar surface area (TPSA) is 72.2 Å². The van der Waals surface area contributed by atoms with E-state index in [2.05, 4.69) is 10.4 Å². The largest absolute Gasteiger partial charge is 0.343 e. The molecule has 2 amide bonds. The maximum Gasteiger partial charge on any atom is 0.257 e. The fraction of sp³-hybridized carbons (Fsp3) is 0.250. The van der Waals surface area contributed by atoms with Crippen LogP contribution in [0.1, 0.15) is 23.2 Å². The predicted octanol–water partition coefficient (Wildman–Crippen LogP) is 2.15. The Labute approximate surface area is 161 Å². The molecule has 1 aromatic carbocycles. The number of rotatable bonds is 5. The number of nitrogens with one attached hydrogen (secondary N) is 1. The highest BCUT2D eigenvalue weighted by Crippen LogP contribution is 2.20. The molecular weight excluding hydrogens is 361 g/mol. The molecule has 0 saturated carbocycles. The summed E-state index contributed by atoms with van der Waals surface area (Å²) in [6.45, 7) is 1.43. The molecule has 0 bridgehead atoms. The van der Waals surface area contributed by atoms with Crippen LogP contribution in [0, 0.1) is 5.82 Å². The van der Waals surface area contributed by atoms with E-state index in [1.165, 1.54) is 18.3 Å². The molecule has 0 spiro atoms. The lowest BCUT2D eigenvalue weighted by molar-refractivity contribution is -0.129. The predicted molar refractivity (Wildman–Crippen MR) is 101 cm³/mol. The van der Waals surface area contributed by atoms with E-state index in [9.17, 15) is 14.0 Å². The summed E-state index contributed by atoms with van der Waals surface area (Å²) >= 11 is 0. The number of benzene rings is 1. The van der Waals surface area contributed by atoms with Crippen molar-refractivity contribution < 1.29 is 14.0 Å². The van der Waals surface area contributed by atoms with E-state index in [1.807, 2.05) is 12.1 Å². The molecular formula is C20H20FN5O2. The summed E-state index contributed by atoms with van der Waals surface area (Å²) in [5.41, 5.74) is 0.951. The van der Waals surface area contributed by atoms with Crippen LogP contribution in [0.4, 0.5) is 4.39 Å². The van der Waals surface area contributed by atoms with Crippen molar-refractivity contribution in [3.8, 4) is 11.5 Å². The number of amides is 2. The smallest absolute Gasteiger partial charge is 0.257 e. The van der Waals surface area contributed by atoms with Crippen LogP contribution in [0.2, 0.25) is 0 Å². The van der Waals surface area contributed by atoms with Gasteiger partial charge >= 0.3 is 0 Å². The molecule has 0 atom stereocenters. The lowest BCUT2D eigenvalue weighted by Crippen LogP contribution is -2.38. The van der Waals surface area contributed by atoms with Crippen molar-refractivity contribution in [1.29, 1.82) is 0 Å². The fourth-order valence-electron chi connectivity index (χ4n) is 3.33. The van der Waals surface area contributed by atoms with Gasteiger partial charge in [-0.2, -0.15) is 5.10 Å². The zero-order valence-electron chi connectivity index (χ0n) is 15.2. The number of halogens is 1. The van der Waals surface area contributed by atoms with E-state index in [4.69, 9.17) is 0 Å². The van der Waals surface area contributed by atoms with Crippen LogP contribution in [0.15, 0.2) is 55.0 Å². The lowest BCUT2D eigenvalue weighted by atomic mass is 10.2. The van der Waals surface area contributed by atoms with Crippen molar-refractivity contribution in [3.63, 3.8) is 0 Å². The van der Waals surface area contributed by atoms with E-state index in [-0.39, 0.29) is 24.2 Å². The van der Waals surface area contributed by atoms with Crippen molar-refractivity contribution in [2.45, 2.75) is 12.8 Å². The molecule has 28 heavy (non-hydrogen) atoms. The number of nitrogens with zero attached hydrogens (tertiary/aromatic N) is 4. The molecule has 1 aliphatic rings. The lowest BCUT2D eigenvalue weighted by Gasteiger charge is -2.15. The van der Waals surface area contributed by atoms with Crippen molar-refractivity contribution in [2.75, 3.05) is 19.6 Å². The summed E-state index contributed by atoms with van der Waals surface area (Å²) < 4.78 is 16.6. The van der Waals surface area contributed by atoms with Crippen LogP contribution >= 0.6 is 0 Å². The van der Waals surface area contributed by atoms with Gasteiger partial charge in [0.2, 0.25) is 5.91 Å². The van der Waals surface area contributed by atoms with E-state index in [0.717, 1.165) is 25.9 Å². The van der Waals surface area contributed by atoms with Gasteiger partial charge in [0.15, 0.2) is 5.82 Å². The summed E-state index contributed by atoms with van der Waals surface area (Å²) in [4.78, 5) is 26.7. The Morgan fingerprint density at radius 2 is 1.75 bits per heavy atom. The second-order valence-corrected chi connectivity index (χ2v) is 6.63. The molecule has 0 radical (unpaired) electrons. The van der Waals surface area contributed by atoms with Crippen LogP contribution in [0.3, 0.4) is 0 Å². The van der Waals surface area contributed by atoms with Crippen molar-refractivity contribution >= 4 is 11.8 Å². The van der Waals surface area contributed by atoms with Crippen LogP contribution in [0.25, 0.3) is 11.5 Å². The summed E-state index contributed by atoms with van der Waals surface area (Å²) in [6.07, 6.45) is 7.05. The average Bonchev–Trinajstić information content (AvgIpc) is 3.47. The van der Waals surface area contributed by atoms with Gasteiger partial charge in [0, 0.05) is 25.5 Å². The molecule has 0 unspecified atom stereocenters. The fourth-order valence-corrected chi connectivity index (χ4v) is 3.33. The maximum absolute atomic E-state index is 13.3. The summed E-state index contributed by atoms with van der Waals surface area (Å²) in [6, 6.07) is 9.53. The highest BCUT2D eigenvalue weighted by atomic mass is 19.1. The van der Waals surface area contributed by atoms with Gasteiger partial charge in [-0.05, 0) is 49.2 Å². The summed E-state index contributed by atoms with van der Waals surface area (Å²) in [7, 11) is 0. The van der Waals surface area contributed by atoms with E-state index < -0.39 is 0 Å². The highest BCUT2D eigenvalue weighted by Gasteiger charge is 2.22. The first-order valence-corrected chi connectivity index (χ1v) is 9.17. The second-order valence-electron chi connectivity index (χ2n) is 6.63. The number of hydrogen-bond donors (Lipinski definition) is 1. The Hall–Kier alpha value is -3.42. The van der Waals surface area contributed by atoms with Gasteiger partial charge in [-0.1, -0.05) is 0 Å². The molecule has 144 valence electrons. The van der Waals surface area contributed by atoms with Gasteiger partial charge in [0.1, 0.15) is 11.4 Å². The third-order valence-electron chi connectivity index (χ3n) is 4.77. The number of carbonyl (C=O) groups is 2. The van der Waals surface area contributed by atoms with Gasteiger partial charge in [-0.3, -0.25) is 9.59 Å². The third kappa shape index (κ3) is 3.53. The minimum absolute atomic E-state index is 0.0499. The maximum atomic E-state index is 13.3. The van der Waals surface area contributed by atoms with Crippen molar-refractivity contribution in [3.05, 3.63) is 66.4 Å². The first-order chi connectivity index (χ1) is 13.6. The summed E-state index contributed by atoms with van der Waals surface area (Å²) in [5.74, 6) is -0.302. The van der Waals surface area contributed by atoms with Crippen LogP contribution < -0.4 is 5.32 Å². The van der Waals surface area contributed by atoms with E-state index >= 15 is 0 Å². The minimum atomic E-state index is -0.385. The van der Waals surface area contributed by atoms with Gasteiger partial charge in [0.05, 0.1) is 18.4 Å². The van der Waals surface area contributed by atoms with Crippen LogP contribution in [-0.2, 0) is 4.79 Å². The SMILES string of the molecule is O=C(NCC(=O)N1CCCC1)c1cnn(-c2ccc(F)cc2)c1-n1cccc1. The molecule has 1 fully saturated rings. The standard InChI is InChI=1S/C20H20FN5O2/c21-15-5-7-16(8-6-15)26-20(25-11-3-4-12-25)17(13-23-26)19(28)22-14-18(27)24-9-1-2-10-24/h3-8,11-13H,1-2,9-10,14H2,(H,22,28). The molecule has 1 N–H and O–H groups in total. The second kappa shape index (κ2) is 7.67. The monoisotopic (exact) mass is 381 g/mol. The first-order valence-electron chi connectivity index (χ1n) is 9.17. The molecule has 3 aromatic rings. The number of hydrogen-bond acceptors (Lipinski definition) is 3. The number of likely N-dealkylation sites (tertiary alicyclic amines) is 1. The highest BCUT2D eigenvalue weighted by molar-refractivity contribution is 5.99. The molecule has 2 aromatic heterocycles. The molecule has 1 saturated heterocycles. The summed E-state index contributed by atoms with van der Waals surface area (Å²) in [5, 5.41) is 7.01. The third-order valence-corrected chi connectivity index (χ3v) is 4.77.